The van der Waals surface area contributed by atoms with Gasteiger partial charge in [-0.15, -0.1) is 0 Å². The van der Waals surface area contributed by atoms with E-state index in [4.69, 9.17) is 14.2 Å². The second kappa shape index (κ2) is 8.99. The van der Waals surface area contributed by atoms with Gasteiger partial charge in [0.25, 0.3) is 5.91 Å². The van der Waals surface area contributed by atoms with E-state index in [9.17, 15) is 4.79 Å². The molecule has 0 radical (unpaired) electrons. The molecule has 1 saturated carbocycles. The number of aromatic nitrogens is 1. The van der Waals surface area contributed by atoms with Gasteiger partial charge in [0.1, 0.15) is 12.2 Å². The summed E-state index contributed by atoms with van der Waals surface area (Å²) in [6.45, 7) is 5.47. The summed E-state index contributed by atoms with van der Waals surface area (Å²) < 4.78 is 16.4. The van der Waals surface area contributed by atoms with Gasteiger partial charge in [-0.05, 0) is 45.1 Å². The molecule has 1 aromatic rings. The second-order valence-electron chi connectivity index (χ2n) is 6.13. The van der Waals surface area contributed by atoms with E-state index in [0.717, 1.165) is 37.8 Å². The molecule has 0 aromatic carbocycles. The summed E-state index contributed by atoms with van der Waals surface area (Å²) in [6.07, 6.45) is 4.53. The fourth-order valence-electron chi connectivity index (χ4n) is 2.90. The van der Waals surface area contributed by atoms with Gasteiger partial charge >= 0.3 is 0 Å². The molecule has 1 aromatic heterocycles. The van der Waals surface area contributed by atoms with Gasteiger partial charge in [0.05, 0.1) is 18.0 Å². The highest BCUT2D eigenvalue weighted by Crippen LogP contribution is 2.35. The molecule has 1 amide bonds. The molecule has 0 spiro atoms. The molecule has 0 aliphatic heterocycles. The number of ether oxygens (including phenoxy) is 3. The summed E-state index contributed by atoms with van der Waals surface area (Å²) in [5.74, 6) is 0.465. The van der Waals surface area contributed by atoms with Gasteiger partial charge < -0.3 is 19.5 Å². The summed E-state index contributed by atoms with van der Waals surface area (Å²) in [6, 6.07) is 3.58. The quantitative estimate of drug-likeness (QED) is 0.702. The Balaban J connectivity index is 2.02. The summed E-state index contributed by atoms with van der Waals surface area (Å²) in [5.41, 5.74) is 0.739. The third-order valence-electron chi connectivity index (χ3n) is 4.25. The molecule has 2 rings (SSSR count). The van der Waals surface area contributed by atoms with E-state index in [-0.39, 0.29) is 5.91 Å². The molecule has 0 unspecified atom stereocenters. The van der Waals surface area contributed by atoms with Crippen molar-refractivity contribution in [2.24, 2.45) is 0 Å². The van der Waals surface area contributed by atoms with Crippen LogP contribution in [0.1, 0.15) is 44.7 Å². The van der Waals surface area contributed by atoms with E-state index < -0.39 is 5.60 Å². The SMILES string of the molecule is CCCOC1(C(=O)Nc2ccc(OCCOC)nc2C)CCCC1. The number of hydrogen-bond donors (Lipinski definition) is 1. The maximum absolute atomic E-state index is 12.8. The molecule has 1 aliphatic carbocycles. The summed E-state index contributed by atoms with van der Waals surface area (Å²) >= 11 is 0. The van der Waals surface area contributed by atoms with Crippen LogP contribution in [0.3, 0.4) is 0 Å². The fraction of sp³-hybridized carbons (Fsp3) is 0.667. The van der Waals surface area contributed by atoms with Gasteiger partial charge in [-0.1, -0.05) is 6.92 Å². The lowest BCUT2D eigenvalue weighted by atomic mass is 10.0. The van der Waals surface area contributed by atoms with Crippen LogP contribution in [-0.4, -0.2) is 43.4 Å². The minimum Gasteiger partial charge on any atom is -0.475 e. The van der Waals surface area contributed by atoms with Crippen molar-refractivity contribution in [3.05, 3.63) is 17.8 Å². The molecule has 1 fully saturated rings. The van der Waals surface area contributed by atoms with E-state index >= 15 is 0 Å². The van der Waals surface area contributed by atoms with E-state index in [1.165, 1.54) is 0 Å². The molecule has 134 valence electrons. The molecule has 0 atom stereocenters. The number of nitrogens with zero attached hydrogens (tertiary/aromatic N) is 1. The summed E-state index contributed by atoms with van der Waals surface area (Å²) in [7, 11) is 1.63. The molecular formula is C18H28N2O4. The topological polar surface area (TPSA) is 69.7 Å². The zero-order valence-electron chi connectivity index (χ0n) is 14.9. The largest absolute Gasteiger partial charge is 0.475 e. The Kier molecular flexibility index (Phi) is 6.99. The Hall–Kier alpha value is -1.66. The van der Waals surface area contributed by atoms with Crippen LogP contribution in [0.4, 0.5) is 5.69 Å². The number of methoxy groups -OCH3 is 1. The number of aryl methyl sites for hydroxylation is 1. The normalized spacial score (nSPS) is 16.1. The number of anilines is 1. The Labute approximate surface area is 143 Å². The monoisotopic (exact) mass is 336 g/mol. The van der Waals surface area contributed by atoms with Crippen LogP contribution < -0.4 is 10.1 Å². The van der Waals surface area contributed by atoms with Crippen molar-refractivity contribution >= 4 is 11.6 Å². The molecule has 0 saturated heterocycles. The van der Waals surface area contributed by atoms with Gasteiger partial charge in [-0.2, -0.15) is 0 Å². The van der Waals surface area contributed by atoms with Crippen molar-refractivity contribution in [2.75, 3.05) is 32.2 Å². The van der Waals surface area contributed by atoms with Gasteiger partial charge in [0, 0.05) is 19.8 Å². The van der Waals surface area contributed by atoms with E-state index in [1.54, 1.807) is 13.2 Å². The number of carbonyl (C=O) groups excluding carboxylic acids is 1. The van der Waals surface area contributed by atoms with Crippen molar-refractivity contribution in [3.63, 3.8) is 0 Å². The third kappa shape index (κ3) is 4.68. The molecule has 0 bridgehead atoms. The smallest absolute Gasteiger partial charge is 0.256 e. The van der Waals surface area contributed by atoms with Gasteiger partial charge in [0.15, 0.2) is 0 Å². The third-order valence-corrected chi connectivity index (χ3v) is 4.25. The van der Waals surface area contributed by atoms with Crippen molar-refractivity contribution in [3.8, 4) is 5.88 Å². The van der Waals surface area contributed by atoms with Crippen LogP contribution in [-0.2, 0) is 14.3 Å². The van der Waals surface area contributed by atoms with Crippen LogP contribution in [0.5, 0.6) is 5.88 Å². The molecule has 6 heteroatoms. The van der Waals surface area contributed by atoms with E-state index in [1.807, 2.05) is 13.0 Å². The Bertz CT molecular complexity index is 542. The average Bonchev–Trinajstić information content (AvgIpc) is 3.06. The first-order valence-electron chi connectivity index (χ1n) is 8.66. The highest BCUT2D eigenvalue weighted by molar-refractivity contribution is 5.98. The summed E-state index contributed by atoms with van der Waals surface area (Å²) in [4.78, 5) is 17.2. The second-order valence-corrected chi connectivity index (χ2v) is 6.13. The van der Waals surface area contributed by atoms with Crippen LogP contribution in [0.25, 0.3) is 0 Å². The van der Waals surface area contributed by atoms with Crippen LogP contribution >= 0.6 is 0 Å². The number of nitrogens with one attached hydrogen (secondary N) is 1. The maximum Gasteiger partial charge on any atom is 0.256 e. The van der Waals surface area contributed by atoms with E-state index in [0.29, 0.717) is 31.4 Å². The van der Waals surface area contributed by atoms with Gasteiger partial charge in [-0.25, -0.2) is 4.98 Å². The number of carbonyl (C=O) groups is 1. The maximum atomic E-state index is 12.8. The minimum atomic E-state index is -0.684. The van der Waals surface area contributed by atoms with E-state index in [2.05, 4.69) is 17.2 Å². The zero-order valence-corrected chi connectivity index (χ0v) is 14.9. The highest BCUT2D eigenvalue weighted by atomic mass is 16.5. The van der Waals surface area contributed by atoms with Crippen molar-refractivity contribution in [1.29, 1.82) is 0 Å². The lowest BCUT2D eigenvalue weighted by Crippen LogP contribution is -2.43. The zero-order chi connectivity index (χ0) is 17.4. The van der Waals surface area contributed by atoms with Crippen molar-refractivity contribution in [1.82, 2.24) is 4.98 Å². The lowest BCUT2D eigenvalue weighted by Gasteiger charge is -2.28. The van der Waals surface area contributed by atoms with Crippen molar-refractivity contribution < 1.29 is 19.0 Å². The Morgan fingerprint density at radius 3 is 2.62 bits per heavy atom. The predicted octanol–water partition coefficient (Wildman–Crippen LogP) is 3.09. The summed E-state index contributed by atoms with van der Waals surface area (Å²) in [5, 5.41) is 2.99. The van der Waals surface area contributed by atoms with Crippen LogP contribution in [0, 0.1) is 6.92 Å². The first-order chi connectivity index (χ1) is 11.6. The number of pyridine rings is 1. The van der Waals surface area contributed by atoms with Crippen molar-refractivity contribution in [2.45, 2.75) is 51.6 Å². The van der Waals surface area contributed by atoms with Gasteiger partial charge in [-0.3, -0.25) is 4.79 Å². The molecule has 1 heterocycles. The first-order valence-corrected chi connectivity index (χ1v) is 8.66. The average molecular weight is 336 g/mol. The highest BCUT2D eigenvalue weighted by Gasteiger charge is 2.42. The predicted molar refractivity (Wildman–Crippen MR) is 92.4 cm³/mol. The van der Waals surface area contributed by atoms with Crippen LogP contribution in [0.15, 0.2) is 12.1 Å². The molecule has 1 aliphatic rings. The molecule has 6 nitrogen and oxygen atoms in total. The molecular weight excluding hydrogens is 308 g/mol. The Morgan fingerprint density at radius 2 is 2.00 bits per heavy atom. The fourth-order valence-corrected chi connectivity index (χ4v) is 2.90. The number of amides is 1. The lowest BCUT2D eigenvalue weighted by molar-refractivity contribution is -0.140. The standard InChI is InChI=1S/C18H28N2O4/c1-4-11-24-18(9-5-6-10-18)17(21)20-15-7-8-16(19-14(15)2)23-13-12-22-3/h7-8H,4-6,9-13H2,1-3H3,(H,20,21). The molecule has 24 heavy (non-hydrogen) atoms. The number of hydrogen-bond acceptors (Lipinski definition) is 5. The van der Waals surface area contributed by atoms with Crippen LogP contribution in [0.2, 0.25) is 0 Å². The van der Waals surface area contributed by atoms with Gasteiger partial charge in [0.2, 0.25) is 5.88 Å². The minimum absolute atomic E-state index is 0.0635. The Morgan fingerprint density at radius 1 is 1.25 bits per heavy atom. The number of rotatable bonds is 9. The molecule has 1 N–H and O–H groups in total. The first kappa shape index (κ1) is 18.7.